The molecule has 0 amide bonds. The van der Waals surface area contributed by atoms with Crippen LogP contribution in [0, 0.1) is 6.92 Å². The average molecular weight is 496 g/mol. The van der Waals surface area contributed by atoms with E-state index in [0.717, 1.165) is 54.4 Å². The number of fused-ring (bicyclic) bond motifs is 1. The zero-order chi connectivity index (χ0) is 25.7. The largest absolute Gasteiger partial charge is 0.369 e. The summed E-state index contributed by atoms with van der Waals surface area (Å²) in [4.78, 5) is 19.6. The molecule has 6 rings (SSSR count). The van der Waals surface area contributed by atoms with Crippen LogP contribution in [-0.2, 0) is 5.41 Å². The summed E-state index contributed by atoms with van der Waals surface area (Å²) in [6.07, 6.45) is 4.37. The van der Waals surface area contributed by atoms with Crippen molar-refractivity contribution in [3.63, 3.8) is 0 Å². The second-order valence-corrected chi connectivity index (χ2v) is 11.7. The molecule has 2 fully saturated rings. The molecule has 7 nitrogen and oxygen atoms in total. The van der Waals surface area contributed by atoms with Gasteiger partial charge in [-0.1, -0.05) is 26.8 Å². The van der Waals surface area contributed by atoms with Gasteiger partial charge in [-0.15, -0.1) is 0 Å². The van der Waals surface area contributed by atoms with Gasteiger partial charge in [0, 0.05) is 65.9 Å². The van der Waals surface area contributed by atoms with Crippen LogP contribution in [0.2, 0.25) is 0 Å². The standard InChI is InChI=1S/C30H37N7/c1-20-17-23(11-12-24(20)36-15-13-35(5)14-16-36)32-29-31-19-22-18-25(21-9-10-21)37(28(22)34-29)27-8-6-7-26(33-27)30(2,3)4/h6-8,11-12,17-19,21H,9-10,13-16H2,1-5H3,(H,31,32,34). The number of pyridine rings is 1. The van der Waals surface area contributed by atoms with Crippen LogP contribution < -0.4 is 10.2 Å². The van der Waals surface area contributed by atoms with Crippen LogP contribution in [0.4, 0.5) is 17.3 Å². The first kappa shape index (κ1) is 23.9. The third-order valence-electron chi connectivity index (χ3n) is 7.59. The fraction of sp³-hybridized carbons (Fsp3) is 0.433. The summed E-state index contributed by atoms with van der Waals surface area (Å²) in [5.41, 5.74) is 6.83. The van der Waals surface area contributed by atoms with Crippen molar-refractivity contribution in [2.45, 2.75) is 51.9 Å². The maximum Gasteiger partial charge on any atom is 0.229 e. The third-order valence-corrected chi connectivity index (χ3v) is 7.59. The van der Waals surface area contributed by atoms with E-state index in [4.69, 9.17) is 9.97 Å². The molecule has 1 N–H and O–H groups in total. The van der Waals surface area contributed by atoms with Crippen LogP contribution in [0.15, 0.2) is 48.7 Å². The minimum atomic E-state index is -0.0193. The van der Waals surface area contributed by atoms with Crippen molar-refractivity contribution in [1.29, 1.82) is 0 Å². The Morgan fingerprint density at radius 2 is 1.73 bits per heavy atom. The lowest BCUT2D eigenvalue weighted by atomic mass is 9.92. The Morgan fingerprint density at radius 1 is 0.946 bits per heavy atom. The van der Waals surface area contributed by atoms with Crippen LogP contribution in [-0.4, -0.2) is 57.6 Å². The van der Waals surface area contributed by atoms with Crippen molar-refractivity contribution < 1.29 is 0 Å². The second kappa shape index (κ2) is 9.14. The predicted octanol–water partition coefficient (Wildman–Crippen LogP) is 5.79. The van der Waals surface area contributed by atoms with Gasteiger partial charge in [0.2, 0.25) is 5.95 Å². The van der Waals surface area contributed by atoms with Gasteiger partial charge in [-0.2, -0.15) is 4.98 Å². The molecule has 4 heterocycles. The van der Waals surface area contributed by atoms with Gasteiger partial charge in [0.25, 0.3) is 0 Å². The molecule has 1 aromatic carbocycles. The maximum atomic E-state index is 5.07. The van der Waals surface area contributed by atoms with Crippen LogP contribution in [0.25, 0.3) is 16.9 Å². The highest BCUT2D eigenvalue weighted by Gasteiger charge is 2.30. The fourth-order valence-corrected chi connectivity index (χ4v) is 5.22. The van der Waals surface area contributed by atoms with E-state index in [-0.39, 0.29) is 5.41 Å². The number of likely N-dealkylation sites (N-methyl/N-ethyl adjacent to an activating group) is 1. The normalized spacial score (nSPS) is 16.9. The van der Waals surface area contributed by atoms with E-state index in [9.17, 15) is 0 Å². The Bertz CT molecular complexity index is 1440. The van der Waals surface area contributed by atoms with Gasteiger partial charge in [0.1, 0.15) is 5.82 Å². The molecular weight excluding hydrogens is 458 g/mol. The molecule has 0 unspecified atom stereocenters. The summed E-state index contributed by atoms with van der Waals surface area (Å²) in [5.74, 6) is 2.10. The lowest BCUT2D eigenvalue weighted by Crippen LogP contribution is -2.44. The number of aryl methyl sites for hydroxylation is 1. The number of benzene rings is 1. The van der Waals surface area contributed by atoms with E-state index in [0.29, 0.717) is 11.9 Å². The highest BCUT2D eigenvalue weighted by atomic mass is 15.2. The Morgan fingerprint density at radius 3 is 2.43 bits per heavy atom. The predicted molar refractivity (Wildman–Crippen MR) is 152 cm³/mol. The molecule has 1 saturated heterocycles. The zero-order valence-corrected chi connectivity index (χ0v) is 22.6. The third kappa shape index (κ3) is 4.80. The second-order valence-electron chi connectivity index (χ2n) is 11.7. The van der Waals surface area contributed by atoms with E-state index in [1.54, 1.807) is 0 Å². The molecule has 192 valence electrons. The maximum absolute atomic E-state index is 5.07. The van der Waals surface area contributed by atoms with Crippen LogP contribution >= 0.6 is 0 Å². The van der Waals surface area contributed by atoms with Crippen molar-refractivity contribution in [1.82, 2.24) is 24.4 Å². The first-order valence-corrected chi connectivity index (χ1v) is 13.4. The Hall–Kier alpha value is -3.45. The van der Waals surface area contributed by atoms with Gasteiger partial charge < -0.3 is 15.1 Å². The molecule has 7 heteroatoms. The van der Waals surface area contributed by atoms with Gasteiger partial charge in [0.05, 0.1) is 0 Å². The zero-order valence-electron chi connectivity index (χ0n) is 22.6. The monoisotopic (exact) mass is 495 g/mol. The number of anilines is 3. The van der Waals surface area contributed by atoms with Crippen molar-refractivity contribution in [2.75, 3.05) is 43.4 Å². The number of rotatable bonds is 5. The molecule has 3 aromatic heterocycles. The van der Waals surface area contributed by atoms with Gasteiger partial charge in [-0.3, -0.25) is 4.57 Å². The minimum absolute atomic E-state index is 0.0193. The summed E-state index contributed by atoms with van der Waals surface area (Å²) in [7, 11) is 2.19. The van der Waals surface area contributed by atoms with Crippen molar-refractivity contribution in [2.24, 2.45) is 0 Å². The molecule has 2 aliphatic rings. The SMILES string of the molecule is Cc1cc(Nc2ncc3cc(C4CC4)n(-c4cccc(C(C)(C)C)n4)c3n2)ccc1N1CCN(C)CC1. The van der Waals surface area contributed by atoms with E-state index < -0.39 is 0 Å². The summed E-state index contributed by atoms with van der Waals surface area (Å²) in [5, 5.41) is 4.51. The van der Waals surface area contributed by atoms with Gasteiger partial charge in [0.15, 0.2) is 5.65 Å². The average Bonchev–Trinajstić information content (AvgIpc) is 3.65. The van der Waals surface area contributed by atoms with Crippen LogP contribution in [0.1, 0.15) is 56.5 Å². The minimum Gasteiger partial charge on any atom is -0.369 e. The van der Waals surface area contributed by atoms with E-state index in [2.05, 4.69) is 102 Å². The van der Waals surface area contributed by atoms with Crippen LogP contribution in [0.5, 0.6) is 0 Å². The molecule has 37 heavy (non-hydrogen) atoms. The molecule has 0 radical (unpaired) electrons. The topological polar surface area (TPSA) is 62.1 Å². The van der Waals surface area contributed by atoms with E-state index >= 15 is 0 Å². The first-order chi connectivity index (χ1) is 17.8. The molecule has 4 aromatic rings. The number of aromatic nitrogens is 4. The van der Waals surface area contributed by atoms with Crippen LogP contribution in [0.3, 0.4) is 0 Å². The van der Waals surface area contributed by atoms with E-state index in [1.807, 2.05) is 6.20 Å². The summed E-state index contributed by atoms with van der Waals surface area (Å²) >= 11 is 0. The number of nitrogens with one attached hydrogen (secondary N) is 1. The summed E-state index contributed by atoms with van der Waals surface area (Å²) in [6.45, 7) is 13.1. The van der Waals surface area contributed by atoms with Gasteiger partial charge >= 0.3 is 0 Å². The summed E-state index contributed by atoms with van der Waals surface area (Å²) in [6, 6.07) is 15.1. The molecule has 0 spiro atoms. The smallest absolute Gasteiger partial charge is 0.229 e. The van der Waals surface area contributed by atoms with Gasteiger partial charge in [-0.05, 0) is 74.7 Å². The highest BCUT2D eigenvalue weighted by Crippen LogP contribution is 2.43. The highest BCUT2D eigenvalue weighted by molar-refractivity contribution is 5.80. The summed E-state index contributed by atoms with van der Waals surface area (Å²) < 4.78 is 2.25. The number of nitrogens with zero attached hydrogens (tertiary/aromatic N) is 6. The lowest BCUT2D eigenvalue weighted by molar-refractivity contribution is 0.312. The van der Waals surface area contributed by atoms with Crippen molar-refractivity contribution >= 4 is 28.4 Å². The molecular formula is C30H37N7. The quantitative estimate of drug-likeness (QED) is 0.378. The van der Waals surface area contributed by atoms with Crippen molar-refractivity contribution in [3.05, 3.63) is 65.6 Å². The van der Waals surface area contributed by atoms with Gasteiger partial charge in [-0.25, -0.2) is 9.97 Å². The Kier molecular flexibility index (Phi) is 5.91. The first-order valence-electron chi connectivity index (χ1n) is 13.4. The number of hydrogen-bond acceptors (Lipinski definition) is 6. The fourth-order valence-electron chi connectivity index (χ4n) is 5.22. The lowest BCUT2D eigenvalue weighted by Gasteiger charge is -2.35. The number of hydrogen-bond donors (Lipinski definition) is 1. The molecule has 0 bridgehead atoms. The molecule has 0 atom stereocenters. The van der Waals surface area contributed by atoms with E-state index in [1.165, 1.54) is 29.8 Å². The molecule has 1 aliphatic heterocycles. The molecule has 1 saturated carbocycles. The number of piperazine rings is 1. The molecule has 1 aliphatic carbocycles. The van der Waals surface area contributed by atoms with Crippen molar-refractivity contribution in [3.8, 4) is 5.82 Å². The Balaban J connectivity index is 1.33. The Labute approximate surface area is 219 Å².